The van der Waals surface area contributed by atoms with Crippen molar-refractivity contribution in [2.24, 2.45) is 0 Å². The van der Waals surface area contributed by atoms with Crippen LogP contribution < -0.4 is 0 Å². The Morgan fingerprint density at radius 3 is 2.30 bits per heavy atom. The van der Waals surface area contributed by atoms with Gasteiger partial charge in [0.25, 0.3) is 0 Å². The highest BCUT2D eigenvalue weighted by Gasteiger charge is 2.36. The normalized spacial score (nSPS) is 19.4. The minimum atomic E-state index is -4.39. The summed E-state index contributed by atoms with van der Waals surface area (Å²) < 4.78 is 37.7. The van der Waals surface area contributed by atoms with E-state index in [0.29, 0.717) is 12.1 Å². The Morgan fingerprint density at radius 1 is 1.17 bits per heavy atom. The Labute approximate surface area is 132 Å². The van der Waals surface area contributed by atoms with Crippen molar-refractivity contribution >= 4 is 11.8 Å². The first-order valence-corrected chi connectivity index (χ1v) is 7.48. The molecular formula is C16H19F3N2O2. The van der Waals surface area contributed by atoms with Crippen LogP contribution in [0.1, 0.15) is 31.4 Å². The van der Waals surface area contributed by atoms with Crippen molar-refractivity contribution in [2.75, 3.05) is 13.1 Å². The van der Waals surface area contributed by atoms with Gasteiger partial charge in [0, 0.05) is 13.1 Å². The Balaban J connectivity index is 2.10. The Hall–Kier alpha value is -2.05. The van der Waals surface area contributed by atoms with Crippen LogP contribution in [0.25, 0.3) is 0 Å². The topological polar surface area (TPSA) is 40.6 Å². The fourth-order valence-electron chi connectivity index (χ4n) is 2.63. The van der Waals surface area contributed by atoms with Crippen molar-refractivity contribution < 1.29 is 22.8 Å². The largest absolute Gasteiger partial charge is 0.416 e. The zero-order chi connectivity index (χ0) is 17.2. The number of halogens is 3. The maximum Gasteiger partial charge on any atom is 0.416 e. The van der Waals surface area contributed by atoms with Crippen LogP contribution in [-0.4, -0.2) is 40.7 Å². The van der Waals surface area contributed by atoms with E-state index in [1.807, 2.05) is 6.92 Å². The second-order valence-corrected chi connectivity index (χ2v) is 5.65. The van der Waals surface area contributed by atoms with Gasteiger partial charge in [0.1, 0.15) is 6.04 Å². The lowest BCUT2D eigenvalue weighted by molar-refractivity contribution is -0.155. The molecular weight excluding hydrogens is 309 g/mol. The molecule has 4 nitrogen and oxygen atoms in total. The summed E-state index contributed by atoms with van der Waals surface area (Å²) in [4.78, 5) is 27.4. The average molecular weight is 328 g/mol. The third-order valence-corrected chi connectivity index (χ3v) is 3.91. The lowest BCUT2D eigenvalue weighted by atomic mass is 10.1. The molecule has 1 aliphatic rings. The van der Waals surface area contributed by atoms with E-state index in [0.717, 1.165) is 18.6 Å². The highest BCUT2D eigenvalue weighted by atomic mass is 19.4. The number of rotatable bonds is 4. The lowest BCUT2D eigenvalue weighted by Gasteiger charge is -2.38. The Bertz CT molecular complexity index is 584. The smallest absolute Gasteiger partial charge is 0.332 e. The van der Waals surface area contributed by atoms with Crippen LogP contribution in [0.3, 0.4) is 0 Å². The summed E-state index contributed by atoms with van der Waals surface area (Å²) in [5.74, 6) is -0.316. The maximum absolute atomic E-state index is 12.6. The number of alkyl halides is 3. The molecule has 0 saturated carbocycles. The molecule has 2 amide bonds. The minimum Gasteiger partial charge on any atom is -0.332 e. The van der Waals surface area contributed by atoms with Gasteiger partial charge < -0.3 is 9.80 Å². The number of nitrogens with zero attached hydrogens (tertiary/aromatic N) is 2. The van der Waals surface area contributed by atoms with E-state index in [1.54, 1.807) is 6.92 Å². The van der Waals surface area contributed by atoms with Crippen molar-refractivity contribution in [3.8, 4) is 0 Å². The number of hydrogen-bond donors (Lipinski definition) is 0. The van der Waals surface area contributed by atoms with Gasteiger partial charge in [-0.1, -0.05) is 19.1 Å². The third kappa shape index (κ3) is 3.83. The van der Waals surface area contributed by atoms with E-state index >= 15 is 0 Å². The van der Waals surface area contributed by atoms with E-state index in [2.05, 4.69) is 0 Å². The highest BCUT2D eigenvalue weighted by Crippen LogP contribution is 2.29. The second kappa shape index (κ2) is 6.60. The van der Waals surface area contributed by atoms with Crippen molar-refractivity contribution in [3.05, 3.63) is 35.4 Å². The van der Waals surface area contributed by atoms with E-state index in [1.165, 1.54) is 21.9 Å². The molecule has 1 aliphatic heterocycles. The molecule has 0 unspecified atom stereocenters. The fourth-order valence-corrected chi connectivity index (χ4v) is 2.63. The van der Waals surface area contributed by atoms with Crippen LogP contribution in [0.2, 0.25) is 0 Å². The standard InChI is InChI=1S/C16H19F3N2O2/c1-3-8-20-10-14(22)21(11(2)15(20)23)9-12-4-6-13(7-5-12)16(17,18)19/h4-7,11H,3,8-10H2,1-2H3/t11-/m0/s1. The van der Waals surface area contributed by atoms with Crippen LogP contribution in [0.15, 0.2) is 24.3 Å². The van der Waals surface area contributed by atoms with Crippen LogP contribution in [-0.2, 0) is 22.3 Å². The van der Waals surface area contributed by atoms with Crippen molar-refractivity contribution in [2.45, 2.75) is 39.0 Å². The van der Waals surface area contributed by atoms with E-state index in [4.69, 9.17) is 0 Å². The molecule has 126 valence electrons. The highest BCUT2D eigenvalue weighted by molar-refractivity contribution is 5.94. The van der Waals surface area contributed by atoms with Crippen molar-refractivity contribution in [3.63, 3.8) is 0 Å². The fraction of sp³-hybridized carbons (Fsp3) is 0.500. The molecule has 1 saturated heterocycles. The molecule has 1 heterocycles. The molecule has 0 radical (unpaired) electrons. The van der Waals surface area contributed by atoms with Crippen molar-refractivity contribution in [1.29, 1.82) is 0 Å². The zero-order valence-corrected chi connectivity index (χ0v) is 13.1. The molecule has 1 aromatic carbocycles. The summed E-state index contributed by atoms with van der Waals surface area (Å²) in [7, 11) is 0. The van der Waals surface area contributed by atoms with Gasteiger partial charge in [-0.25, -0.2) is 0 Å². The minimum absolute atomic E-state index is 0.0254. The second-order valence-electron chi connectivity index (χ2n) is 5.65. The van der Waals surface area contributed by atoms with Crippen LogP contribution in [0, 0.1) is 0 Å². The van der Waals surface area contributed by atoms with Crippen molar-refractivity contribution in [1.82, 2.24) is 9.80 Å². The van der Waals surface area contributed by atoms with Gasteiger partial charge in [-0.2, -0.15) is 13.2 Å². The zero-order valence-electron chi connectivity index (χ0n) is 13.1. The molecule has 0 bridgehead atoms. The molecule has 1 atom stereocenters. The first-order chi connectivity index (χ1) is 10.7. The molecule has 0 N–H and O–H groups in total. The van der Waals surface area contributed by atoms with Gasteiger partial charge in [-0.05, 0) is 31.0 Å². The summed E-state index contributed by atoms with van der Waals surface area (Å²) in [5.41, 5.74) is -0.167. The van der Waals surface area contributed by atoms with Crippen LogP contribution >= 0.6 is 0 Å². The number of amides is 2. The summed E-state index contributed by atoms with van der Waals surface area (Å²) in [6, 6.07) is 4.04. The number of benzene rings is 1. The predicted octanol–water partition coefficient (Wildman–Crippen LogP) is 2.67. The van der Waals surface area contributed by atoms with Crippen LogP contribution in [0.5, 0.6) is 0 Å². The maximum atomic E-state index is 12.6. The molecule has 0 aromatic heterocycles. The molecule has 0 spiro atoms. The Kier molecular flexibility index (Phi) is 4.97. The number of carbonyl (C=O) groups excluding carboxylic acids is 2. The molecule has 7 heteroatoms. The van der Waals surface area contributed by atoms with Gasteiger partial charge in [-0.15, -0.1) is 0 Å². The lowest BCUT2D eigenvalue weighted by Crippen LogP contribution is -2.58. The monoisotopic (exact) mass is 328 g/mol. The molecule has 1 fully saturated rings. The third-order valence-electron chi connectivity index (χ3n) is 3.91. The van der Waals surface area contributed by atoms with Crippen LogP contribution in [0.4, 0.5) is 13.2 Å². The van der Waals surface area contributed by atoms with Gasteiger partial charge in [0.05, 0.1) is 12.1 Å². The molecule has 23 heavy (non-hydrogen) atoms. The SMILES string of the molecule is CCCN1CC(=O)N(Cc2ccc(C(F)(F)F)cc2)[C@@H](C)C1=O. The molecule has 1 aromatic rings. The van der Waals surface area contributed by atoms with Gasteiger partial charge in [0.15, 0.2) is 0 Å². The van der Waals surface area contributed by atoms with Gasteiger partial charge in [0.2, 0.25) is 11.8 Å². The first kappa shape index (κ1) is 17.3. The number of carbonyl (C=O) groups is 2. The predicted molar refractivity (Wildman–Crippen MR) is 78.3 cm³/mol. The summed E-state index contributed by atoms with van der Waals surface area (Å²) in [5, 5.41) is 0. The summed E-state index contributed by atoms with van der Waals surface area (Å²) in [6.45, 7) is 4.26. The van der Waals surface area contributed by atoms with E-state index in [9.17, 15) is 22.8 Å². The Morgan fingerprint density at radius 2 is 1.78 bits per heavy atom. The average Bonchev–Trinajstić information content (AvgIpc) is 2.49. The van der Waals surface area contributed by atoms with E-state index in [-0.39, 0.29) is 24.9 Å². The molecule has 2 rings (SSSR count). The van der Waals surface area contributed by atoms with Gasteiger partial charge >= 0.3 is 6.18 Å². The first-order valence-electron chi connectivity index (χ1n) is 7.48. The summed E-state index contributed by atoms with van der Waals surface area (Å²) >= 11 is 0. The van der Waals surface area contributed by atoms with Gasteiger partial charge in [-0.3, -0.25) is 9.59 Å². The number of piperazine rings is 1. The quantitative estimate of drug-likeness (QED) is 0.853. The number of hydrogen-bond acceptors (Lipinski definition) is 2. The summed E-state index contributed by atoms with van der Waals surface area (Å²) in [6.07, 6.45) is -3.62. The van der Waals surface area contributed by atoms with E-state index < -0.39 is 17.8 Å². The molecule has 0 aliphatic carbocycles.